The van der Waals surface area contributed by atoms with Crippen molar-refractivity contribution in [2.45, 2.75) is 71.3 Å². The van der Waals surface area contributed by atoms with E-state index in [1.54, 1.807) is 11.3 Å². The highest BCUT2D eigenvalue weighted by Gasteiger charge is 2.32. The smallest absolute Gasteiger partial charge is 0.220 e. The fourth-order valence-electron chi connectivity index (χ4n) is 3.07. The van der Waals surface area contributed by atoms with E-state index in [1.165, 1.54) is 19.3 Å². The Balaban J connectivity index is 0.00000264. The predicted octanol–water partition coefficient (Wildman–Crippen LogP) is 4.20. The van der Waals surface area contributed by atoms with E-state index in [9.17, 15) is 4.79 Å². The van der Waals surface area contributed by atoms with E-state index < -0.39 is 0 Å². The third kappa shape index (κ3) is 6.51. The first kappa shape index (κ1) is 23.6. The number of nitrogens with one attached hydrogen (secondary N) is 1. The van der Waals surface area contributed by atoms with Gasteiger partial charge in [-0.3, -0.25) is 4.79 Å². The second kappa shape index (κ2) is 9.95. The summed E-state index contributed by atoms with van der Waals surface area (Å²) in [5.74, 6) is 0.111. The topological polar surface area (TPSA) is 68.0 Å². The number of halogens is 2. The third-order valence-corrected chi connectivity index (χ3v) is 5.49. The standard InChI is InChI=1S/C17H29N3OS.2ClH/c1-16(2,3)13-11-22-15(20-13)10-19-14(21)9-17(12-18)7-5-4-6-8-17;;/h11H,4-10,12,18H2,1-3H3,(H,19,21);2*1H. The molecule has 1 aliphatic rings. The zero-order valence-corrected chi connectivity index (χ0v) is 17.3. The zero-order chi connectivity index (χ0) is 16.2. The van der Waals surface area contributed by atoms with Crippen LogP contribution in [0.15, 0.2) is 5.38 Å². The van der Waals surface area contributed by atoms with Crippen molar-refractivity contribution < 1.29 is 4.79 Å². The molecule has 1 aromatic heterocycles. The van der Waals surface area contributed by atoms with Crippen LogP contribution in [0, 0.1) is 5.41 Å². The molecule has 0 aliphatic heterocycles. The number of amides is 1. The van der Waals surface area contributed by atoms with Gasteiger partial charge < -0.3 is 11.1 Å². The summed E-state index contributed by atoms with van der Waals surface area (Å²) in [6.45, 7) is 7.60. The van der Waals surface area contributed by atoms with E-state index in [0.29, 0.717) is 19.5 Å². The van der Waals surface area contributed by atoms with Crippen LogP contribution in [0.2, 0.25) is 0 Å². The number of carbonyl (C=O) groups is 1. The summed E-state index contributed by atoms with van der Waals surface area (Å²) < 4.78 is 0. The number of hydrogen-bond donors (Lipinski definition) is 2. The first-order valence-corrected chi connectivity index (χ1v) is 9.14. The molecule has 0 radical (unpaired) electrons. The first-order chi connectivity index (χ1) is 10.3. The predicted molar refractivity (Wildman–Crippen MR) is 106 cm³/mol. The van der Waals surface area contributed by atoms with Gasteiger partial charge in [-0.2, -0.15) is 0 Å². The molecule has 0 aromatic carbocycles. The molecule has 0 saturated heterocycles. The van der Waals surface area contributed by atoms with E-state index in [1.807, 2.05) is 0 Å². The maximum absolute atomic E-state index is 12.3. The second-order valence-electron chi connectivity index (χ2n) is 7.59. The summed E-state index contributed by atoms with van der Waals surface area (Å²) in [5.41, 5.74) is 7.13. The van der Waals surface area contributed by atoms with Crippen molar-refractivity contribution in [1.82, 2.24) is 10.3 Å². The van der Waals surface area contributed by atoms with Crippen molar-refractivity contribution >= 4 is 42.1 Å². The lowest BCUT2D eigenvalue weighted by molar-refractivity contribution is -0.124. The molecule has 1 aromatic rings. The van der Waals surface area contributed by atoms with Gasteiger partial charge in [0.2, 0.25) is 5.91 Å². The van der Waals surface area contributed by atoms with Gasteiger partial charge in [-0.05, 0) is 24.8 Å². The summed E-state index contributed by atoms with van der Waals surface area (Å²) in [5, 5.41) is 6.09. The minimum absolute atomic E-state index is 0. The van der Waals surface area contributed by atoms with Crippen LogP contribution in [-0.2, 0) is 16.8 Å². The van der Waals surface area contributed by atoms with E-state index in [0.717, 1.165) is 23.5 Å². The number of carbonyl (C=O) groups excluding carboxylic acids is 1. The Kier molecular flexibility index (Phi) is 9.80. The summed E-state index contributed by atoms with van der Waals surface area (Å²) in [4.78, 5) is 16.9. The van der Waals surface area contributed by atoms with Gasteiger partial charge in [0, 0.05) is 17.2 Å². The van der Waals surface area contributed by atoms with Crippen molar-refractivity contribution in [3.8, 4) is 0 Å². The summed E-state index contributed by atoms with van der Waals surface area (Å²) in [7, 11) is 0. The first-order valence-electron chi connectivity index (χ1n) is 8.26. The molecule has 1 heterocycles. The summed E-state index contributed by atoms with van der Waals surface area (Å²) in [6.07, 6.45) is 6.40. The average Bonchev–Trinajstić information content (AvgIpc) is 2.95. The van der Waals surface area contributed by atoms with E-state index in [4.69, 9.17) is 5.73 Å². The van der Waals surface area contributed by atoms with Gasteiger partial charge in [-0.1, -0.05) is 40.0 Å². The van der Waals surface area contributed by atoms with Gasteiger partial charge in [-0.25, -0.2) is 4.98 Å². The zero-order valence-electron chi connectivity index (χ0n) is 14.9. The van der Waals surface area contributed by atoms with Crippen LogP contribution in [0.1, 0.15) is 70.0 Å². The fourth-order valence-corrected chi connectivity index (χ4v) is 4.03. The van der Waals surface area contributed by atoms with Crippen LogP contribution in [-0.4, -0.2) is 17.4 Å². The molecule has 7 heteroatoms. The van der Waals surface area contributed by atoms with Crippen molar-refractivity contribution in [2.24, 2.45) is 11.1 Å². The second-order valence-corrected chi connectivity index (χ2v) is 8.54. The lowest BCUT2D eigenvalue weighted by Gasteiger charge is -2.35. The van der Waals surface area contributed by atoms with Crippen molar-refractivity contribution in [2.75, 3.05) is 6.54 Å². The van der Waals surface area contributed by atoms with Gasteiger partial charge in [0.15, 0.2) is 0 Å². The molecular weight excluding hydrogens is 365 g/mol. The van der Waals surface area contributed by atoms with E-state index in [2.05, 4.69) is 36.5 Å². The Morgan fingerprint density at radius 1 is 1.29 bits per heavy atom. The van der Waals surface area contributed by atoms with Crippen molar-refractivity contribution in [3.05, 3.63) is 16.1 Å². The molecule has 24 heavy (non-hydrogen) atoms. The van der Waals surface area contributed by atoms with Crippen molar-refractivity contribution in [3.63, 3.8) is 0 Å². The Labute approximate surface area is 162 Å². The highest BCUT2D eigenvalue weighted by atomic mass is 35.5. The summed E-state index contributed by atoms with van der Waals surface area (Å²) in [6, 6.07) is 0. The highest BCUT2D eigenvalue weighted by molar-refractivity contribution is 7.09. The van der Waals surface area contributed by atoms with Crippen LogP contribution >= 0.6 is 36.2 Å². The molecule has 1 fully saturated rings. The molecule has 0 atom stereocenters. The van der Waals surface area contributed by atoms with Gasteiger partial charge in [0.05, 0.1) is 12.2 Å². The number of aromatic nitrogens is 1. The molecule has 1 saturated carbocycles. The van der Waals surface area contributed by atoms with Gasteiger partial charge in [-0.15, -0.1) is 36.2 Å². The largest absolute Gasteiger partial charge is 0.350 e. The van der Waals surface area contributed by atoms with Crippen LogP contribution in [0.25, 0.3) is 0 Å². The van der Waals surface area contributed by atoms with Crippen molar-refractivity contribution in [1.29, 1.82) is 0 Å². The Bertz CT molecular complexity index is 508. The Hall–Kier alpha value is -0.360. The van der Waals surface area contributed by atoms with Gasteiger partial charge in [0.25, 0.3) is 0 Å². The van der Waals surface area contributed by atoms with Crippen LogP contribution in [0.5, 0.6) is 0 Å². The number of nitrogens with two attached hydrogens (primary N) is 1. The Morgan fingerprint density at radius 3 is 2.42 bits per heavy atom. The SMILES string of the molecule is CC(C)(C)c1csc(CNC(=O)CC2(CN)CCCCC2)n1.Cl.Cl. The van der Waals surface area contributed by atoms with Gasteiger partial charge >= 0.3 is 0 Å². The molecule has 0 bridgehead atoms. The molecule has 3 N–H and O–H groups in total. The molecular formula is C17H31Cl2N3OS. The number of nitrogens with zero attached hydrogens (tertiary/aromatic N) is 1. The number of rotatable bonds is 5. The molecule has 4 nitrogen and oxygen atoms in total. The normalized spacial score (nSPS) is 16.7. The quantitative estimate of drug-likeness (QED) is 0.784. The number of hydrogen-bond acceptors (Lipinski definition) is 4. The molecule has 0 unspecified atom stereocenters. The fraction of sp³-hybridized carbons (Fsp3) is 0.765. The van der Waals surface area contributed by atoms with E-state index in [-0.39, 0.29) is 41.6 Å². The maximum Gasteiger partial charge on any atom is 0.220 e. The molecule has 2 rings (SSSR count). The minimum Gasteiger partial charge on any atom is -0.350 e. The third-order valence-electron chi connectivity index (χ3n) is 4.64. The van der Waals surface area contributed by atoms with Crippen LogP contribution < -0.4 is 11.1 Å². The van der Waals surface area contributed by atoms with Crippen LogP contribution in [0.4, 0.5) is 0 Å². The van der Waals surface area contributed by atoms with Crippen LogP contribution in [0.3, 0.4) is 0 Å². The van der Waals surface area contributed by atoms with E-state index >= 15 is 0 Å². The lowest BCUT2D eigenvalue weighted by atomic mass is 9.72. The average molecular weight is 396 g/mol. The number of thiazole rings is 1. The highest BCUT2D eigenvalue weighted by Crippen LogP contribution is 2.38. The minimum atomic E-state index is 0. The lowest BCUT2D eigenvalue weighted by Crippen LogP contribution is -2.38. The Morgan fingerprint density at radius 2 is 1.92 bits per heavy atom. The summed E-state index contributed by atoms with van der Waals surface area (Å²) >= 11 is 1.62. The molecule has 1 aliphatic carbocycles. The molecule has 1 amide bonds. The monoisotopic (exact) mass is 395 g/mol. The van der Waals surface area contributed by atoms with Gasteiger partial charge in [0.1, 0.15) is 5.01 Å². The molecule has 140 valence electrons. The maximum atomic E-state index is 12.3. The molecule has 0 spiro atoms.